The van der Waals surface area contributed by atoms with Gasteiger partial charge in [-0.05, 0) is 36.3 Å². The van der Waals surface area contributed by atoms with Crippen molar-refractivity contribution in [2.24, 2.45) is 5.92 Å². The van der Waals surface area contributed by atoms with E-state index in [1.165, 1.54) is 17.4 Å². The third-order valence-corrected chi connectivity index (χ3v) is 4.13. The fraction of sp³-hybridized carbons (Fsp3) is 0.400. The van der Waals surface area contributed by atoms with Crippen LogP contribution in [0.25, 0.3) is 10.9 Å². The Morgan fingerprint density at radius 2 is 2.17 bits per heavy atom. The standard InChI is InChI=1S/C15H17NO2/c17-15(18)8-12(10-4-3-5-10)13-9-16-14-7-2-1-6-11(13)14/h1-2,6-7,9-10,12,16H,3-5,8H2,(H,17,18). The highest BCUT2D eigenvalue weighted by Gasteiger charge is 2.31. The highest BCUT2D eigenvalue weighted by Crippen LogP contribution is 2.43. The zero-order valence-electron chi connectivity index (χ0n) is 10.2. The van der Waals surface area contributed by atoms with Crippen LogP contribution in [0.4, 0.5) is 0 Å². The minimum absolute atomic E-state index is 0.160. The number of rotatable bonds is 4. The third kappa shape index (κ3) is 1.90. The molecule has 1 heterocycles. The Balaban J connectivity index is 2.00. The van der Waals surface area contributed by atoms with Crippen molar-refractivity contribution in [2.75, 3.05) is 0 Å². The zero-order chi connectivity index (χ0) is 12.5. The average Bonchev–Trinajstić information content (AvgIpc) is 2.68. The molecule has 2 N–H and O–H groups in total. The average molecular weight is 243 g/mol. The molecule has 1 unspecified atom stereocenters. The molecule has 1 aromatic heterocycles. The van der Waals surface area contributed by atoms with E-state index in [1.54, 1.807) is 0 Å². The van der Waals surface area contributed by atoms with Gasteiger partial charge in [0.1, 0.15) is 0 Å². The highest BCUT2D eigenvalue weighted by atomic mass is 16.4. The van der Waals surface area contributed by atoms with E-state index < -0.39 is 5.97 Å². The minimum atomic E-state index is -0.697. The van der Waals surface area contributed by atoms with E-state index in [0.29, 0.717) is 5.92 Å². The SMILES string of the molecule is O=C(O)CC(c1c[nH]c2ccccc12)C1CCC1. The maximum atomic E-state index is 11.1. The van der Waals surface area contributed by atoms with Crippen molar-refractivity contribution in [3.63, 3.8) is 0 Å². The van der Waals surface area contributed by atoms with Gasteiger partial charge < -0.3 is 10.1 Å². The largest absolute Gasteiger partial charge is 0.481 e. The van der Waals surface area contributed by atoms with Gasteiger partial charge in [-0.25, -0.2) is 0 Å². The number of carboxylic acids is 1. The summed E-state index contributed by atoms with van der Waals surface area (Å²) < 4.78 is 0. The lowest BCUT2D eigenvalue weighted by Crippen LogP contribution is -2.22. The fourth-order valence-electron chi connectivity index (χ4n) is 2.96. The molecule has 18 heavy (non-hydrogen) atoms. The number of carboxylic acid groups (broad SMARTS) is 1. The van der Waals surface area contributed by atoms with Crippen molar-refractivity contribution in [1.82, 2.24) is 4.98 Å². The second-order valence-electron chi connectivity index (χ2n) is 5.18. The van der Waals surface area contributed by atoms with Gasteiger partial charge in [0, 0.05) is 17.1 Å². The van der Waals surface area contributed by atoms with Gasteiger partial charge in [0.15, 0.2) is 0 Å². The van der Waals surface area contributed by atoms with Gasteiger partial charge in [0.2, 0.25) is 0 Å². The van der Waals surface area contributed by atoms with E-state index in [9.17, 15) is 4.79 Å². The van der Waals surface area contributed by atoms with Crippen molar-refractivity contribution >= 4 is 16.9 Å². The van der Waals surface area contributed by atoms with Crippen LogP contribution in [0.3, 0.4) is 0 Å². The predicted molar refractivity (Wildman–Crippen MR) is 70.6 cm³/mol. The summed E-state index contributed by atoms with van der Waals surface area (Å²) in [6, 6.07) is 8.13. The van der Waals surface area contributed by atoms with Gasteiger partial charge in [0.05, 0.1) is 6.42 Å². The summed E-state index contributed by atoms with van der Waals surface area (Å²) in [6.45, 7) is 0. The third-order valence-electron chi connectivity index (χ3n) is 4.13. The number of hydrogen-bond acceptors (Lipinski definition) is 1. The van der Waals surface area contributed by atoms with Crippen LogP contribution >= 0.6 is 0 Å². The lowest BCUT2D eigenvalue weighted by molar-refractivity contribution is -0.138. The Labute approximate surface area is 106 Å². The molecule has 0 radical (unpaired) electrons. The number of aliphatic carboxylic acids is 1. The molecule has 1 aliphatic carbocycles. The van der Waals surface area contributed by atoms with Crippen molar-refractivity contribution in [3.05, 3.63) is 36.0 Å². The maximum absolute atomic E-state index is 11.1. The van der Waals surface area contributed by atoms with Crippen LogP contribution in [0.5, 0.6) is 0 Å². The van der Waals surface area contributed by atoms with Crippen LogP contribution < -0.4 is 0 Å². The number of aromatic nitrogens is 1. The van der Waals surface area contributed by atoms with Crippen LogP contribution in [0.15, 0.2) is 30.5 Å². The predicted octanol–water partition coefficient (Wildman–Crippen LogP) is 3.53. The summed E-state index contributed by atoms with van der Waals surface area (Å²) in [6.07, 6.45) is 5.81. The molecule has 2 aromatic rings. The highest BCUT2D eigenvalue weighted by molar-refractivity contribution is 5.84. The first-order valence-corrected chi connectivity index (χ1v) is 6.53. The van der Waals surface area contributed by atoms with Crippen molar-refractivity contribution in [3.8, 4) is 0 Å². The van der Waals surface area contributed by atoms with Gasteiger partial charge in [-0.3, -0.25) is 4.79 Å². The molecule has 0 amide bonds. The molecule has 0 spiro atoms. The van der Waals surface area contributed by atoms with E-state index in [-0.39, 0.29) is 12.3 Å². The topological polar surface area (TPSA) is 53.1 Å². The Morgan fingerprint density at radius 1 is 1.39 bits per heavy atom. The number of carbonyl (C=O) groups is 1. The quantitative estimate of drug-likeness (QED) is 0.863. The van der Waals surface area contributed by atoms with Crippen molar-refractivity contribution in [1.29, 1.82) is 0 Å². The molecule has 0 bridgehead atoms. The lowest BCUT2D eigenvalue weighted by atomic mass is 9.71. The molecule has 1 aliphatic rings. The second kappa shape index (κ2) is 4.48. The van der Waals surface area contributed by atoms with Gasteiger partial charge >= 0.3 is 5.97 Å². The van der Waals surface area contributed by atoms with E-state index in [1.807, 2.05) is 24.4 Å². The molecular weight excluding hydrogens is 226 g/mol. The Hall–Kier alpha value is -1.77. The molecule has 3 heteroatoms. The summed E-state index contributed by atoms with van der Waals surface area (Å²) in [7, 11) is 0. The number of fused-ring (bicyclic) bond motifs is 1. The molecule has 3 nitrogen and oxygen atoms in total. The zero-order valence-corrected chi connectivity index (χ0v) is 10.2. The Kier molecular flexibility index (Phi) is 2.82. The van der Waals surface area contributed by atoms with E-state index in [4.69, 9.17) is 5.11 Å². The van der Waals surface area contributed by atoms with Crippen molar-refractivity contribution in [2.45, 2.75) is 31.6 Å². The van der Waals surface area contributed by atoms with Crippen LogP contribution in [0.1, 0.15) is 37.2 Å². The number of nitrogens with one attached hydrogen (secondary N) is 1. The summed E-state index contributed by atoms with van der Waals surface area (Å²) in [5.74, 6) is 0.00453. The summed E-state index contributed by atoms with van der Waals surface area (Å²) in [4.78, 5) is 14.3. The van der Waals surface area contributed by atoms with E-state index >= 15 is 0 Å². The van der Waals surface area contributed by atoms with Crippen LogP contribution in [-0.2, 0) is 4.79 Å². The van der Waals surface area contributed by atoms with E-state index in [2.05, 4.69) is 11.1 Å². The number of H-pyrrole nitrogens is 1. The molecule has 3 rings (SSSR count). The first kappa shape index (κ1) is 11.3. The number of hydrogen-bond donors (Lipinski definition) is 2. The normalized spacial score (nSPS) is 17.6. The van der Waals surface area contributed by atoms with Crippen LogP contribution in [0, 0.1) is 5.92 Å². The smallest absolute Gasteiger partial charge is 0.303 e. The van der Waals surface area contributed by atoms with Crippen LogP contribution in [-0.4, -0.2) is 16.1 Å². The molecule has 1 saturated carbocycles. The maximum Gasteiger partial charge on any atom is 0.303 e. The second-order valence-corrected chi connectivity index (χ2v) is 5.18. The van der Waals surface area contributed by atoms with Gasteiger partial charge in [-0.1, -0.05) is 24.6 Å². The number of benzene rings is 1. The molecule has 0 aliphatic heterocycles. The first-order chi connectivity index (χ1) is 8.75. The fourth-order valence-corrected chi connectivity index (χ4v) is 2.96. The Morgan fingerprint density at radius 3 is 2.83 bits per heavy atom. The van der Waals surface area contributed by atoms with Gasteiger partial charge in [0.25, 0.3) is 0 Å². The van der Waals surface area contributed by atoms with Gasteiger partial charge in [-0.15, -0.1) is 0 Å². The van der Waals surface area contributed by atoms with E-state index in [0.717, 1.165) is 18.4 Å². The Bertz CT molecular complexity index is 569. The summed E-state index contributed by atoms with van der Waals surface area (Å²) >= 11 is 0. The molecule has 0 saturated heterocycles. The molecule has 1 atom stereocenters. The lowest BCUT2D eigenvalue weighted by Gasteiger charge is -2.33. The molecule has 94 valence electrons. The summed E-state index contributed by atoms with van der Waals surface area (Å²) in [5, 5.41) is 10.3. The molecule has 1 fully saturated rings. The molecular formula is C15H17NO2. The number of para-hydroxylation sites is 1. The van der Waals surface area contributed by atoms with Crippen molar-refractivity contribution < 1.29 is 9.90 Å². The first-order valence-electron chi connectivity index (χ1n) is 6.53. The monoisotopic (exact) mass is 243 g/mol. The number of aromatic amines is 1. The molecule has 1 aromatic carbocycles. The van der Waals surface area contributed by atoms with Gasteiger partial charge in [-0.2, -0.15) is 0 Å². The minimum Gasteiger partial charge on any atom is -0.481 e. The summed E-state index contributed by atoms with van der Waals surface area (Å²) in [5.41, 5.74) is 2.28. The van der Waals surface area contributed by atoms with Crippen LogP contribution in [0.2, 0.25) is 0 Å².